The van der Waals surface area contributed by atoms with Crippen LogP contribution >= 0.6 is 15.9 Å². The second-order valence-electron chi connectivity index (χ2n) is 6.25. The molecule has 0 spiro atoms. The van der Waals surface area contributed by atoms with Gasteiger partial charge in [-0.2, -0.15) is 0 Å². The second-order valence-corrected chi connectivity index (χ2v) is 7.04. The van der Waals surface area contributed by atoms with Crippen molar-refractivity contribution in [2.24, 2.45) is 0 Å². The molecular weight excluding hydrogens is 424 g/mol. The average molecular weight is 439 g/mol. The molecule has 0 saturated heterocycles. The Balaban J connectivity index is 1.92. The van der Waals surface area contributed by atoms with Gasteiger partial charge in [-0.25, -0.2) is 4.98 Å². The van der Waals surface area contributed by atoms with Gasteiger partial charge in [-0.15, -0.1) is 0 Å². The third kappa shape index (κ3) is 3.03. The Bertz CT molecular complexity index is 1190. The predicted octanol–water partition coefficient (Wildman–Crippen LogP) is 5.28. The van der Waals surface area contributed by atoms with Gasteiger partial charge in [0.2, 0.25) is 17.3 Å². The van der Waals surface area contributed by atoms with Crippen molar-refractivity contribution in [1.29, 1.82) is 0 Å². The number of nitrogens with zero attached hydrogens (tertiary/aromatic N) is 1. The molecule has 0 atom stereocenters. The zero-order valence-corrected chi connectivity index (χ0v) is 16.7. The van der Waals surface area contributed by atoms with E-state index in [9.17, 15) is 9.59 Å². The van der Waals surface area contributed by atoms with Crippen molar-refractivity contribution in [3.63, 3.8) is 0 Å². The van der Waals surface area contributed by atoms with Crippen molar-refractivity contribution in [1.82, 2.24) is 4.98 Å². The zero-order chi connectivity index (χ0) is 19.8. The minimum Gasteiger partial charge on any atom is -0.459 e. The number of hydrogen-bond donors (Lipinski definition) is 1. The van der Waals surface area contributed by atoms with Crippen LogP contribution in [0.25, 0.3) is 11.1 Å². The maximum Gasteiger partial charge on any atom is 0.291 e. The fourth-order valence-corrected chi connectivity index (χ4v) is 3.30. The summed E-state index contributed by atoms with van der Waals surface area (Å²) in [5, 5.41) is 3.33. The quantitative estimate of drug-likeness (QED) is 0.437. The number of amides is 1. The molecule has 0 aliphatic carbocycles. The van der Waals surface area contributed by atoms with Crippen LogP contribution in [0.2, 0.25) is 0 Å². The number of anilines is 1. The van der Waals surface area contributed by atoms with Crippen molar-refractivity contribution in [2.45, 2.75) is 13.8 Å². The van der Waals surface area contributed by atoms with E-state index >= 15 is 0 Å². The summed E-state index contributed by atoms with van der Waals surface area (Å²) in [6.07, 6.45) is 1.41. The molecule has 0 aliphatic heterocycles. The van der Waals surface area contributed by atoms with Crippen LogP contribution in [0, 0.1) is 13.8 Å². The monoisotopic (exact) mass is 438 g/mol. The summed E-state index contributed by atoms with van der Waals surface area (Å²) in [4.78, 5) is 30.1. The van der Waals surface area contributed by atoms with Crippen LogP contribution in [0.1, 0.15) is 37.9 Å². The third-order valence-electron chi connectivity index (χ3n) is 4.41. The summed E-state index contributed by atoms with van der Waals surface area (Å²) >= 11 is 3.51. The van der Waals surface area contributed by atoms with E-state index in [1.54, 1.807) is 36.4 Å². The van der Waals surface area contributed by atoms with Crippen LogP contribution in [0.15, 0.2) is 62.0 Å². The molecule has 0 fully saturated rings. The van der Waals surface area contributed by atoms with Crippen molar-refractivity contribution in [2.75, 3.05) is 5.32 Å². The summed E-state index contributed by atoms with van der Waals surface area (Å²) in [5.41, 5.74) is 2.54. The Kier molecular flexibility index (Phi) is 4.60. The number of furan rings is 2. The van der Waals surface area contributed by atoms with Gasteiger partial charge in [-0.3, -0.25) is 9.59 Å². The first-order chi connectivity index (χ1) is 13.5. The zero-order valence-electron chi connectivity index (χ0n) is 15.1. The lowest BCUT2D eigenvalue weighted by molar-refractivity contribution is 0.0996. The Morgan fingerprint density at radius 3 is 2.50 bits per heavy atom. The molecule has 28 heavy (non-hydrogen) atoms. The summed E-state index contributed by atoms with van der Waals surface area (Å²) < 4.78 is 11.8. The molecule has 0 radical (unpaired) electrons. The van der Waals surface area contributed by atoms with Gasteiger partial charge in [-0.1, -0.05) is 30.3 Å². The van der Waals surface area contributed by atoms with Gasteiger partial charge in [0.1, 0.15) is 5.69 Å². The SMILES string of the molecule is Cc1nc2oc(C(=O)c3ccccc3)c(NC(=O)c3ccco3)c2c(C)c1Br. The number of carbonyl (C=O) groups is 2. The lowest BCUT2D eigenvalue weighted by Crippen LogP contribution is -2.14. The first kappa shape index (κ1) is 18.2. The standard InChI is InChI=1S/C21H15BrN2O4/c1-11-15-17(24-20(26)14-9-6-10-27-14)19(18(25)13-7-4-3-5-8-13)28-21(15)23-12(2)16(11)22/h3-10H,1-2H3,(H,24,26). The van der Waals surface area contributed by atoms with Crippen LogP contribution in [-0.2, 0) is 0 Å². The van der Waals surface area contributed by atoms with Gasteiger partial charge in [0.25, 0.3) is 5.91 Å². The summed E-state index contributed by atoms with van der Waals surface area (Å²) in [6, 6.07) is 11.9. The molecule has 6 nitrogen and oxygen atoms in total. The predicted molar refractivity (Wildman–Crippen MR) is 108 cm³/mol. The van der Waals surface area contributed by atoms with Crippen molar-refractivity contribution in [3.05, 3.63) is 81.5 Å². The number of benzene rings is 1. The van der Waals surface area contributed by atoms with Gasteiger partial charge in [0.05, 0.1) is 17.3 Å². The molecule has 140 valence electrons. The molecule has 1 N–H and O–H groups in total. The van der Waals surface area contributed by atoms with Crippen molar-refractivity contribution < 1.29 is 18.4 Å². The van der Waals surface area contributed by atoms with Gasteiger partial charge < -0.3 is 14.2 Å². The van der Waals surface area contributed by atoms with Crippen LogP contribution in [-0.4, -0.2) is 16.7 Å². The fourth-order valence-electron chi connectivity index (χ4n) is 3.01. The Labute approximate surface area is 168 Å². The molecule has 0 bridgehead atoms. The summed E-state index contributed by atoms with van der Waals surface area (Å²) in [6.45, 7) is 3.70. The molecule has 1 aromatic carbocycles. The third-order valence-corrected chi connectivity index (χ3v) is 5.58. The van der Waals surface area contributed by atoms with Crippen LogP contribution < -0.4 is 5.32 Å². The van der Waals surface area contributed by atoms with E-state index in [0.29, 0.717) is 10.9 Å². The molecule has 0 unspecified atom stereocenters. The normalized spacial score (nSPS) is 11.0. The van der Waals surface area contributed by atoms with E-state index in [4.69, 9.17) is 8.83 Å². The highest BCUT2D eigenvalue weighted by Gasteiger charge is 2.27. The average Bonchev–Trinajstić information content (AvgIpc) is 3.35. The number of nitrogens with one attached hydrogen (secondary N) is 1. The highest BCUT2D eigenvalue weighted by atomic mass is 79.9. The number of aryl methyl sites for hydroxylation is 2. The molecule has 0 saturated carbocycles. The molecule has 7 heteroatoms. The summed E-state index contributed by atoms with van der Waals surface area (Å²) in [7, 11) is 0. The lowest BCUT2D eigenvalue weighted by Gasteiger charge is -2.07. The minimum absolute atomic E-state index is 0.0224. The number of rotatable bonds is 4. The molecule has 4 aromatic rings. The summed E-state index contributed by atoms with van der Waals surface area (Å²) in [5.74, 6) is -0.675. The highest BCUT2D eigenvalue weighted by Crippen LogP contribution is 2.37. The van der Waals surface area contributed by atoms with Crippen molar-refractivity contribution >= 4 is 44.4 Å². The number of ketones is 1. The smallest absolute Gasteiger partial charge is 0.291 e. The maximum absolute atomic E-state index is 13.1. The largest absolute Gasteiger partial charge is 0.459 e. The number of halogens is 1. The maximum atomic E-state index is 13.1. The van der Waals surface area contributed by atoms with E-state index in [0.717, 1.165) is 15.7 Å². The molecule has 4 rings (SSSR count). The van der Waals surface area contributed by atoms with Crippen LogP contribution in [0.5, 0.6) is 0 Å². The molecule has 1 amide bonds. The second kappa shape index (κ2) is 7.09. The first-order valence-electron chi connectivity index (χ1n) is 8.51. The van der Waals surface area contributed by atoms with E-state index in [1.165, 1.54) is 6.26 Å². The van der Waals surface area contributed by atoms with Gasteiger partial charge >= 0.3 is 0 Å². The molecule has 0 aliphatic rings. The molecular formula is C21H15BrN2O4. The number of aromatic nitrogens is 1. The molecule has 3 aromatic heterocycles. The van der Waals surface area contributed by atoms with Gasteiger partial charge in [-0.05, 0) is 47.5 Å². The topological polar surface area (TPSA) is 85.3 Å². The Morgan fingerprint density at radius 2 is 1.82 bits per heavy atom. The van der Waals surface area contributed by atoms with Gasteiger partial charge in [0, 0.05) is 10.0 Å². The van der Waals surface area contributed by atoms with E-state index in [-0.39, 0.29) is 28.7 Å². The number of fused-ring (bicyclic) bond motifs is 1. The highest BCUT2D eigenvalue weighted by molar-refractivity contribution is 9.10. The molecule has 3 heterocycles. The van der Waals surface area contributed by atoms with Crippen LogP contribution in [0.3, 0.4) is 0 Å². The number of pyridine rings is 1. The number of carbonyl (C=O) groups excluding carboxylic acids is 2. The minimum atomic E-state index is -0.481. The Hall–Kier alpha value is -3.19. The van der Waals surface area contributed by atoms with Gasteiger partial charge in [0.15, 0.2) is 5.76 Å². The van der Waals surface area contributed by atoms with Crippen molar-refractivity contribution in [3.8, 4) is 0 Å². The fraction of sp³-hybridized carbons (Fsp3) is 0.0952. The van der Waals surface area contributed by atoms with E-state index in [1.807, 2.05) is 19.9 Å². The Morgan fingerprint density at radius 1 is 1.07 bits per heavy atom. The van der Waals surface area contributed by atoms with E-state index in [2.05, 4.69) is 26.2 Å². The lowest BCUT2D eigenvalue weighted by atomic mass is 10.1. The van der Waals surface area contributed by atoms with E-state index < -0.39 is 5.91 Å². The first-order valence-corrected chi connectivity index (χ1v) is 9.30. The van der Waals surface area contributed by atoms with Crippen LogP contribution in [0.4, 0.5) is 5.69 Å². The number of hydrogen-bond acceptors (Lipinski definition) is 5.